The van der Waals surface area contributed by atoms with Gasteiger partial charge in [-0.15, -0.1) is 0 Å². The summed E-state index contributed by atoms with van der Waals surface area (Å²) in [6.45, 7) is 2.42. The Balaban J connectivity index is 2.07. The number of carbonyl (C=O) groups is 1. The van der Waals surface area contributed by atoms with Crippen LogP contribution in [0.1, 0.15) is 17.3 Å². The molecule has 0 aromatic heterocycles. The van der Waals surface area contributed by atoms with Crippen LogP contribution in [0.5, 0.6) is 0 Å². The molecule has 104 valence electrons. The largest absolute Gasteiger partial charge is 0.383 e. The minimum atomic E-state index is -0.0749. The quantitative estimate of drug-likeness (QED) is 0.905. The maximum atomic E-state index is 12.0. The van der Waals surface area contributed by atoms with Crippen molar-refractivity contribution in [2.45, 2.75) is 13.0 Å². The zero-order valence-electron chi connectivity index (χ0n) is 11.8. The Kier molecular flexibility index (Phi) is 4.91. The molecule has 0 unspecified atom stereocenters. The van der Waals surface area contributed by atoms with E-state index < -0.39 is 0 Å². The summed E-state index contributed by atoms with van der Waals surface area (Å²) in [4.78, 5) is 12.0. The number of rotatable bonds is 5. The van der Waals surface area contributed by atoms with Crippen molar-refractivity contribution < 1.29 is 9.53 Å². The van der Waals surface area contributed by atoms with Crippen LogP contribution < -0.4 is 5.32 Å². The minimum absolute atomic E-state index is 0.00120. The lowest BCUT2D eigenvalue weighted by Crippen LogP contribution is -2.35. The molecule has 0 aliphatic rings. The van der Waals surface area contributed by atoms with Crippen LogP contribution in [-0.4, -0.2) is 25.7 Å². The van der Waals surface area contributed by atoms with Crippen molar-refractivity contribution >= 4 is 5.91 Å². The van der Waals surface area contributed by atoms with E-state index in [1.165, 1.54) is 0 Å². The highest BCUT2D eigenvalue weighted by Crippen LogP contribution is 2.19. The highest BCUT2D eigenvalue weighted by Gasteiger charge is 2.09. The fourth-order valence-electron chi connectivity index (χ4n) is 2.04. The summed E-state index contributed by atoms with van der Waals surface area (Å²) in [6, 6.07) is 17.7. The Morgan fingerprint density at radius 1 is 1.05 bits per heavy atom. The first-order valence-electron chi connectivity index (χ1n) is 6.66. The van der Waals surface area contributed by atoms with Gasteiger partial charge in [0.25, 0.3) is 5.91 Å². The van der Waals surface area contributed by atoms with Crippen LogP contribution in [0, 0.1) is 0 Å². The fourth-order valence-corrected chi connectivity index (χ4v) is 2.04. The molecule has 1 N–H and O–H groups in total. The van der Waals surface area contributed by atoms with Gasteiger partial charge in [-0.3, -0.25) is 4.79 Å². The maximum absolute atomic E-state index is 12.0. The predicted molar refractivity (Wildman–Crippen MR) is 80.7 cm³/mol. The third-order valence-electron chi connectivity index (χ3n) is 3.05. The number of hydrogen-bond donors (Lipinski definition) is 1. The SMILES string of the molecule is COC[C@@H](C)NC(=O)c1ccc(-c2ccccc2)cc1. The molecule has 0 radical (unpaired) electrons. The molecule has 0 heterocycles. The van der Waals surface area contributed by atoms with E-state index in [9.17, 15) is 4.79 Å². The first kappa shape index (κ1) is 14.3. The zero-order valence-corrected chi connectivity index (χ0v) is 11.8. The predicted octanol–water partition coefficient (Wildman–Crippen LogP) is 3.12. The first-order chi connectivity index (χ1) is 9.70. The summed E-state index contributed by atoms with van der Waals surface area (Å²) in [5.41, 5.74) is 2.91. The second kappa shape index (κ2) is 6.87. The van der Waals surface area contributed by atoms with Gasteiger partial charge in [0, 0.05) is 18.7 Å². The van der Waals surface area contributed by atoms with Crippen LogP contribution in [-0.2, 0) is 4.74 Å². The zero-order chi connectivity index (χ0) is 14.4. The van der Waals surface area contributed by atoms with Gasteiger partial charge >= 0.3 is 0 Å². The molecule has 0 saturated carbocycles. The van der Waals surface area contributed by atoms with Crippen LogP contribution in [0.25, 0.3) is 11.1 Å². The lowest BCUT2D eigenvalue weighted by atomic mass is 10.0. The average Bonchev–Trinajstić information content (AvgIpc) is 2.48. The van der Waals surface area contributed by atoms with Crippen molar-refractivity contribution in [1.29, 1.82) is 0 Å². The lowest BCUT2D eigenvalue weighted by molar-refractivity contribution is 0.0905. The van der Waals surface area contributed by atoms with Gasteiger partial charge in [0.15, 0.2) is 0 Å². The summed E-state index contributed by atoms with van der Waals surface area (Å²) >= 11 is 0. The summed E-state index contributed by atoms with van der Waals surface area (Å²) in [5.74, 6) is -0.0749. The van der Waals surface area contributed by atoms with Crippen molar-refractivity contribution in [3.8, 4) is 11.1 Å². The van der Waals surface area contributed by atoms with E-state index in [-0.39, 0.29) is 11.9 Å². The monoisotopic (exact) mass is 269 g/mol. The molecular formula is C17H19NO2. The first-order valence-corrected chi connectivity index (χ1v) is 6.66. The van der Waals surface area contributed by atoms with Crippen LogP contribution in [0.4, 0.5) is 0 Å². The molecule has 0 fully saturated rings. The van der Waals surface area contributed by atoms with Gasteiger partial charge in [-0.25, -0.2) is 0 Å². The number of benzene rings is 2. The van der Waals surface area contributed by atoms with Gasteiger partial charge in [0.2, 0.25) is 0 Å². The van der Waals surface area contributed by atoms with Crippen LogP contribution in [0.2, 0.25) is 0 Å². The summed E-state index contributed by atoms with van der Waals surface area (Å²) < 4.78 is 5.00. The lowest BCUT2D eigenvalue weighted by Gasteiger charge is -2.12. The van der Waals surface area contributed by atoms with E-state index in [0.717, 1.165) is 11.1 Å². The van der Waals surface area contributed by atoms with Gasteiger partial charge in [0.05, 0.1) is 6.61 Å². The Morgan fingerprint density at radius 2 is 1.65 bits per heavy atom. The second-order valence-corrected chi connectivity index (χ2v) is 4.77. The molecule has 0 aliphatic carbocycles. The van der Waals surface area contributed by atoms with Crippen molar-refractivity contribution in [3.63, 3.8) is 0 Å². The van der Waals surface area contributed by atoms with Crippen LogP contribution in [0.15, 0.2) is 54.6 Å². The number of nitrogens with one attached hydrogen (secondary N) is 1. The van der Waals surface area contributed by atoms with E-state index in [1.807, 2.05) is 49.4 Å². The molecule has 0 saturated heterocycles. The molecule has 0 aliphatic heterocycles. The summed E-state index contributed by atoms with van der Waals surface area (Å²) in [7, 11) is 1.62. The van der Waals surface area contributed by atoms with Gasteiger partial charge in [0.1, 0.15) is 0 Å². The number of methoxy groups -OCH3 is 1. The average molecular weight is 269 g/mol. The number of ether oxygens (including phenoxy) is 1. The van der Waals surface area contributed by atoms with E-state index in [0.29, 0.717) is 12.2 Å². The second-order valence-electron chi connectivity index (χ2n) is 4.77. The van der Waals surface area contributed by atoms with E-state index in [4.69, 9.17) is 4.74 Å². The molecule has 1 amide bonds. The van der Waals surface area contributed by atoms with Gasteiger partial charge in [-0.2, -0.15) is 0 Å². The van der Waals surface area contributed by atoms with E-state index in [2.05, 4.69) is 17.4 Å². The molecule has 0 spiro atoms. The Hall–Kier alpha value is -2.13. The summed E-state index contributed by atoms with van der Waals surface area (Å²) in [5, 5.41) is 2.89. The molecule has 2 aromatic carbocycles. The van der Waals surface area contributed by atoms with Crippen LogP contribution >= 0.6 is 0 Å². The molecule has 3 nitrogen and oxygen atoms in total. The van der Waals surface area contributed by atoms with Crippen molar-refractivity contribution in [3.05, 3.63) is 60.2 Å². The number of hydrogen-bond acceptors (Lipinski definition) is 2. The highest BCUT2D eigenvalue weighted by atomic mass is 16.5. The van der Waals surface area contributed by atoms with Gasteiger partial charge < -0.3 is 10.1 Å². The Bertz CT molecular complexity index is 549. The topological polar surface area (TPSA) is 38.3 Å². The highest BCUT2D eigenvalue weighted by molar-refractivity contribution is 5.94. The molecule has 3 heteroatoms. The van der Waals surface area contributed by atoms with E-state index in [1.54, 1.807) is 7.11 Å². The normalized spacial score (nSPS) is 11.9. The molecule has 1 atom stereocenters. The number of carbonyl (C=O) groups excluding carboxylic acids is 1. The Labute approximate surface area is 119 Å². The molecular weight excluding hydrogens is 250 g/mol. The van der Waals surface area contributed by atoms with Crippen molar-refractivity contribution in [2.24, 2.45) is 0 Å². The fraction of sp³-hybridized carbons (Fsp3) is 0.235. The molecule has 20 heavy (non-hydrogen) atoms. The van der Waals surface area contributed by atoms with Gasteiger partial charge in [-0.05, 0) is 30.2 Å². The minimum Gasteiger partial charge on any atom is -0.383 e. The Morgan fingerprint density at radius 3 is 2.25 bits per heavy atom. The third-order valence-corrected chi connectivity index (χ3v) is 3.05. The van der Waals surface area contributed by atoms with E-state index >= 15 is 0 Å². The molecule has 0 bridgehead atoms. The van der Waals surface area contributed by atoms with Crippen molar-refractivity contribution in [2.75, 3.05) is 13.7 Å². The van der Waals surface area contributed by atoms with Gasteiger partial charge in [-0.1, -0.05) is 42.5 Å². The maximum Gasteiger partial charge on any atom is 0.251 e. The van der Waals surface area contributed by atoms with Crippen LogP contribution in [0.3, 0.4) is 0 Å². The smallest absolute Gasteiger partial charge is 0.251 e. The molecule has 2 aromatic rings. The summed E-state index contributed by atoms with van der Waals surface area (Å²) in [6.07, 6.45) is 0. The van der Waals surface area contributed by atoms with Crippen molar-refractivity contribution in [1.82, 2.24) is 5.32 Å². The number of amides is 1. The standard InChI is InChI=1S/C17H19NO2/c1-13(12-20-2)18-17(19)16-10-8-15(9-11-16)14-6-4-3-5-7-14/h3-11,13H,12H2,1-2H3,(H,18,19)/t13-/m1/s1. The third kappa shape index (κ3) is 3.68. The molecule has 2 rings (SSSR count).